The lowest BCUT2D eigenvalue weighted by atomic mass is 10.2. The first-order valence-corrected chi connectivity index (χ1v) is 8.56. The molecule has 0 atom stereocenters. The van der Waals surface area contributed by atoms with Crippen molar-refractivity contribution in [1.82, 2.24) is 9.88 Å². The number of piperazine rings is 1. The van der Waals surface area contributed by atoms with Gasteiger partial charge >= 0.3 is 5.97 Å². The van der Waals surface area contributed by atoms with Crippen molar-refractivity contribution in [3.8, 4) is 0 Å². The number of carbonyl (C=O) groups excluding carboxylic acids is 2. The maximum atomic E-state index is 12.2. The molecule has 3 heterocycles. The van der Waals surface area contributed by atoms with Gasteiger partial charge in [-0.25, -0.2) is 9.78 Å². The third kappa shape index (κ3) is 4.30. The Labute approximate surface area is 151 Å². The van der Waals surface area contributed by atoms with Crippen LogP contribution >= 0.6 is 0 Å². The number of rotatable bonds is 5. The Morgan fingerprint density at radius 3 is 2.65 bits per heavy atom. The highest BCUT2D eigenvalue weighted by Crippen LogP contribution is 2.15. The number of furan rings is 1. The minimum atomic E-state index is -0.370. The summed E-state index contributed by atoms with van der Waals surface area (Å²) in [4.78, 5) is 32.1. The first-order chi connectivity index (χ1) is 12.7. The van der Waals surface area contributed by atoms with E-state index in [0.29, 0.717) is 44.1 Å². The molecule has 26 heavy (non-hydrogen) atoms. The Morgan fingerprint density at radius 2 is 2.04 bits per heavy atom. The Balaban J connectivity index is 1.53. The lowest BCUT2D eigenvalue weighted by Gasteiger charge is -2.35. The highest BCUT2D eigenvalue weighted by atomic mass is 16.5. The molecule has 1 aliphatic rings. The predicted octanol–water partition coefficient (Wildman–Crippen LogP) is 2.21. The third-order valence-electron chi connectivity index (χ3n) is 4.11. The van der Waals surface area contributed by atoms with E-state index < -0.39 is 0 Å². The summed E-state index contributed by atoms with van der Waals surface area (Å²) in [6, 6.07) is 7.10. The molecular weight excluding hydrogens is 334 g/mol. The minimum absolute atomic E-state index is 0.0355. The number of ether oxygens (including phenoxy) is 1. The van der Waals surface area contributed by atoms with Crippen LogP contribution in [0.1, 0.15) is 23.0 Å². The zero-order chi connectivity index (χ0) is 18.4. The second-order valence-electron chi connectivity index (χ2n) is 5.79. The SMILES string of the molecule is CCOC(=O)c1ccc(N2CCN(C(=O)/C=C/c3ccco3)CC2)nc1. The molecule has 2 aromatic rings. The quantitative estimate of drug-likeness (QED) is 0.605. The summed E-state index contributed by atoms with van der Waals surface area (Å²) in [5, 5.41) is 0. The van der Waals surface area contributed by atoms with Gasteiger partial charge in [-0.05, 0) is 37.3 Å². The summed E-state index contributed by atoms with van der Waals surface area (Å²) in [6.45, 7) is 4.71. The lowest BCUT2D eigenvalue weighted by Crippen LogP contribution is -2.48. The summed E-state index contributed by atoms with van der Waals surface area (Å²) in [5.74, 6) is 1.04. The van der Waals surface area contributed by atoms with E-state index in [-0.39, 0.29) is 11.9 Å². The number of nitrogens with zero attached hydrogens (tertiary/aromatic N) is 3. The standard InChI is InChI=1S/C19H21N3O4/c1-2-25-19(24)15-5-7-17(20-14-15)21-9-11-22(12-10-21)18(23)8-6-16-4-3-13-26-16/h3-8,13-14H,2,9-12H2,1H3/b8-6+. The number of carbonyl (C=O) groups is 2. The first-order valence-electron chi connectivity index (χ1n) is 8.56. The van der Waals surface area contributed by atoms with Crippen molar-refractivity contribution >= 4 is 23.8 Å². The second-order valence-corrected chi connectivity index (χ2v) is 5.79. The van der Waals surface area contributed by atoms with E-state index in [0.717, 1.165) is 5.82 Å². The van der Waals surface area contributed by atoms with Crippen LogP contribution in [-0.2, 0) is 9.53 Å². The average Bonchev–Trinajstić information content (AvgIpc) is 3.20. The molecule has 0 aliphatic carbocycles. The van der Waals surface area contributed by atoms with Crippen LogP contribution < -0.4 is 4.90 Å². The van der Waals surface area contributed by atoms with Crippen LogP contribution in [0.15, 0.2) is 47.2 Å². The Kier molecular flexibility index (Phi) is 5.68. The predicted molar refractivity (Wildman–Crippen MR) is 96.7 cm³/mol. The van der Waals surface area contributed by atoms with Crippen molar-refractivity contribution in [3.05, 3.63) is 54.1 Å². The summed E-state index contributed by atoms with van der Waals surface area (Å²) >= 11 is 0. The molecule has 7 heteroatoms. The Bertz CT molecular complexity index is 761. The van der Waals surface area contributed by atoms with Crippen molar-refractivity contribution in [3.63, 3.8) is 0 Å². The van der Waals surface area contributed by atoms with Crippen molar-refractivity contribution in [2.75, 3.05) is 37.7 Å². The fraction of sp³-hybridized carbons (Fsp3) is 0.316. The van der Waals surface area contributed by atoms with Gasteiger partial charge in [0, 0.05) is 38.5 Å². The van der Waals surface area contributed by atoms with Crippen LogP contribution in [0.25, 0.3) is 6.08 Å². The van der Waals surface area contributed by atoms with E-state index in [9.17, 15) is 9.59 Å². The van der Waals surface area contributed by atoms with Crippen LogP contribution in [-0.4, -0.2) is 54.5 Å². The van der Waals surface area contributed by atoms with E-state index in [2.05, 4.69) is 9.88 Å². The summed E-state index contributed by atoms with van der Waals surface area (Å²) in [7, 11) is 0. The van der Waals surface area contributed by atoms with Gasteiger partial charge in [-0.1, -0.05) is 0 Å². The van der Waals surface area contributed by atoms with Gasteiger partial charge in [-0.15, -0.1) is 0 Å². The van der Waals surface area contributed by atoms with Crippen molar-refractivity contribution in [2.24, 2.45) is 0 Å². The number of amides is 1. The van der Waals surface area contributed by atoms with Gasteiger partial charge in [0.1, 0.15) is 11.6 Å². The number of anilines is 1. The molecule has 0 saturated carbocycles. The molecule has 1 saturated heterocycles. The molecule has 1 fully saturated rings. The van der Waals surface area contributed by atoms with Gasteiger partial charge in [-0.2, -0.15) is 0 Å². The van der Waals surface area contributed by atoms with Gasteiger partial charge < -0.3 is 19.0 Å². The summed E-state index contributed by atoms with van der Waals surface area (Å²) < 4.78 is 10.1. The van der Waals surface area contributed by atoms with E-state index >= 15 is 0 Å². The molecule has 3 rings (SSSR count). The minimum Gasteiger partial charge on any atom is -0.465 e. The number of esters is 1. The average molecular weight is 355 g/mol. The summed E-state index contributed by atoms with van der Waals surface area (Å²) in [6.07, 6.45) is 6.30. The van der Waals surface area contributed by atoms with Gasteiger partial charge in [-0.3, -0.25) is 4.79 Å². The van der Waals surface area contributed by atoms with Gasteiger partial charge in [0.25, 0.3) is 0 Å². The van der Waals surface area contributed by atoms with E-state index in [4.69, 9.17) is 9.15 Å². The molecule has 0 bridgehead atoms. The van der Waals surface area contributed by atoms with Gasteiger partial charge in [0.15, 0.2) is 0 Å². The molecule has 0 N–H and O–H groups in total. The normalized spacial score (nSPS) is 14.7. The molecule has 7 nitrogen and oxygen atoms in total. The zero-order valence-corrected chi connectivity index (χ0v) is 14.6. The van der Waals surface area contributed by atoms with Crippen LogP contribution in [0.4, 0.5) is 5.82 Å². The van der Waals surface area contributed by atoms with Crippen LogP contribution in [0.3, 0.4) is 0 Å². The summed E-state index contributed by atoms with van der Waals surface area (Å²) in [5.41, 5.74) is 0.437. The smallest absolute Gasteiger partial charge is 0.339 e. The van der Waals surface area contributed by atoms with Crippen LogP contribution in [0.2, 0.25) is 0 Å². The maximum Gasteiger partial charge on any atom is 0.339 e. The van der Waals surface area contributed by atoms with Crippen molar-refractivity contribution in [1.29, 1.82) is 0 Å². The molecule has 0 spiro atoms. The molecule has 2 aromatic heterocycles. The number of pyridine rings is 1. The molecule has 1 aliphatic heterocycles. The van der Waals surface area contributed by atoms with Crippen LogP contribution in [0.5, 0.6) is 0 Å². The third-order valence-corrected chi connectivity index (χ3v) is 4.11. The first kappa shape index (κ1) is 17.7. The van der Waals surface area contributed by atoms with Crippen molar-refractivity contribution < 1.29 is 18.7 Å². The lowest BCUT2D eigenvalue weighted by molar-refractivity contribution is -0.126. The Hall–Kier alpha value is -3.09. The largest absolute Gasteiger partial charge is 0.465 e. The molecule has 136 valence electrons. The van der Waals surface area contributed by atoms with E-state index in [1.54, 1.807) is 48.4 Å². The molecule has 0 radical (unpaired) electrons. The molecule has 1 amide bonds. The topological polar surface area (TPSA) is 75.9 Å². The second kappa shape index (κ2) is 8.33. The number of aromatic nitrogens is 1. The van der Waals surface area contributed by atoms with Gasteiger partial charge in [0.2, 0.25) is 5.91 Å². The molecular formula is C19H21N3O4. The highest BCUT2D eigenvalue weighted by Gasteiger charge is 2.20. The number of hydrogen-bond donors (Lipinski definition) is 0. The number of hydrogen-bond acceptors (Lipinski definition) is 6. The van der Waals surface area contributed by atoms with Crippen molar-refractivity contribution in [2.45, 2.75) is 6.92 Å². The van der Waals surface area contributed by atoms with Crippen LogP contribution in [0, 0.1) is 0 Å². The molecule has 0 aromatic carbocycles. The van der Waals surface area contributed by atoms with E-state index in [1.807, 2.05) is 0 Å². The maximum absolute atomic E-state index is 12.2. The Morgan fingerprint density at radius 1 is 1.23 bits per heavy atom. The monoisotopic (exact) mass is 355 g/mol. The molecule has 0 unspecified atom stereocenters. The van der Waals surface area contributed by atoms with E-state index in [1.165, 1.54) is 12.3 Å². The fourth-order valence-electron chi connectivity index (χ4n) is 2.71. The highest BCUT2D eigenvalue weighted by molar-refractivity contribution is 5.91. The zero-order valence-electron chi connectivity index (χ0n) is 14.6. The van der Waals surface area contributed by atoms with Gasteiger partial charge in [0.05, 0.1) is 18.4 Å². The fourth-order valence-corrected chi connectivity index (χ4v) is 2.71.